The highest BCUT2D eigenvalue weighted by Gasteiger charge is 2.19. The zero-order valence-corrected chi connectivity index (χ0v) is 18.1. The van der Waals surface area contributed by atoms with E-state index in [0.29, 0.717) is 5.69 Å². The zero-order chi connectivity index (χ0) is 22.6. The zero-order valence-electron chi connectivity index (χ0n) is 18.1. The van der Waals surface area contributed by atoms with Crippen LogP contribution in [0.25, 0.3) is 60.6 Å². The summed E-state index contributed by atoms with van der Waals surface area (Å²) >= 11 is 0. The van der Waals surface area contributed by atoms with Gasteiger partial charge in [0.1, 0.15) is 16.9 Å². The third kappa shape index (κ3) is 2.60. The molecule has 0 aliphatic carbocycles. The first-order chi connectivity index (χ1) is 16.8. The van der Waals surface area contributed by atoms with E-state index < -0.39 is 0 Å². The van der Waals surface area contributed by atoms with Crippen LogP contribution in [0.4, 0.5) is 5.69 Å². The summed E-state index contributed by atoms with van der Waals surface area (Å²) in [6, 6.07) is 36.6. The number of aromatic nitrogens is 1. The highest BCUT2D eigenvalue weighted by molar-refractivity contribution is 6.27. The molecule has 0 N–H and O–H groups in total. The molecule has 0 amide bonds. The molecule has 0 radical (unpaired) electrons. The van der Waals surface area contributed by atoms with Gasteiger partial charge in [0.25, 0.3) is 0 Å². The standard InChI is InChI=1S/C30H18N2O2/c33-31-24-12-6-4-10-21(24)19-14-15-25-23(18-19)29-26(32(25)20-8-2-1-3-9-20)16-17-28-30(29)22-11-5-7-13-27(22)34-28/h1-18H. The van der Waals surface area contributed by atoms with Crippen molar-refractivity contribution < 1.29 is 4.42 Å². The predicted octanol–water partition coefficient (Wildman–Crippen LogP) is 8.75. The summed E-state index contributed by atoms with van der Waals surface area (Å²) < 4.78 is 8.50. The molecule has 5 aromatic carbocycles. The van der Waals surface area contributed by atoms with Gasteiger partial charge in [-0.15, -0.1) is 4.91 Å². The Bertz CT molecular complexity index is 1880. The van der Waals surface area contributed by atoms with Gasteiger partial charge in [-0.25, -0.2) is 0 Å². The number of nitroso groups, excluding NO2 is 1. The van der Waals surface area contributed by atoms with Gasteiger partial charge in [0.2, 0.25) is 0 Å². The first kappa shape index (κ1) is 18.8. The van der Waals surface area contributed by atoms with Gasteiger partial charge in [-0.05, 0) is 59.3 Å². The Balaban J connectivity index is 1.68. The largest absolute Gasteiger partial charge is 0.456 e. The van der Waals surface area contributed by atoms with E-state index >= 15 is 0 Å². The Morgan fingerprint density at radius 2 is 1.38 bits per heavy atom. The fraction of sp³-hybridized carbons (Fsp3) is 0. The molecule has 4 heteroatoms. The molecule has 0 aliphatic rings. The number of hydrogen-bond acceptors (Lipinski definition) is 3. The van der Waals surface area contributed by atoms with E-state index in [0.717, 1.165) is 60.6 Å². The van der Waals surface area contributed by atoms with Crippen molar-refractivity contribution in [1.82, 2.24) is 4.57 Å². The summed E-state index contributed by atoms with van der Waals surface area (Å²) in [7, 11) is 0. The predicted molar refractivity (Wildman–Crippen MR) is 139 cm³/mol. The van der Waals surface area contributed by atoms with Gasteiger partial charge in [0.15, 0.2) is 0 Å². The molecule has 0 saturated heterocycles. The minimum Gasteiger partial charge on any atom is -0.456 e. The van der Waals surface area contributed by atoms with Crippen molar-refractivity contribution in [1.29, 1.82) is 0 Å². The number of furan rings is 1. The quantitative estimate of drug-likeness (QED) is 0.259. The van der Waals surface area contributed by atoms with E-state index in [1.165, 1.54) is 0 Å². The van der Waals surface area contributed by atoms with Gasteiger partial charge in [-0.3, -0.25) is 0 Å². The van der Waals surface area contributed by atoms with Gasteiger partial charge >= 0.3 is 0 Å². The lowest BCUT2D eigenvalue weighted by Crippen LogP contribution is -1.92. The van der Waals surface area contributed by atoms with Gasteiger partial charge in [-0.2, -0.15) is 0 Å². The minimum absolute atomic E-state index is 0.438. The normalized spacial score (nSPS) is 11.6. The van der Waals surface area contributed by atoms with E-state index in [2.05, 4.69) is 70.4 Å². The van der Waals surface area contributed by atoms with E-state index in [4.69, 9.17) is 4.42 Å². The van der Waals surface area contributed by atoms with Crippen LogP contribution in [0, 0.1) is 4.91 Å². The first-order valence-corrected chi connectivity index (χ1v) is 11.2. The molecule has 4 nitrogen and oxygen atoms in total. The summed E-state index contributed by atoms with van der Waals surface area (Å²) in [5.41, 5.74) is 7.26. The molecule has 0 unspecified atom stereocenters. The molecule has 0 spiro atoms. The van der Waals surface area contributed by atoms with Crippen molar-refractivity contribution in [3.05, 3.63) is 114 Å². The van der Waals surface area contributed by atoms with Crippen molar-refractivity contribution in [3.63, 3.8) is 0 Å². The van der Waals surface area contributed by atoms with Gasteiger partial charge < -0.3 is 8.98 Å². The molecule has 34 heavy (non-hydrogen) atoms. The van der Waals surface area contributed by atoms with Crippen molar-refractivity contribution in [3.8, 4) is 16.8 Å². The lowest BCUT2D eigenvalue weighted by atomic mass is 10.00. The first-order valence-electron chi connectivity index (χ1n) is 11.2. The van der Waals surface area contributed by atoms with Crippen LogP contribution in [0.5, 0.6) is 0 Å². The molecule has 2 heterocycles. The maximum atomic E-state index is 11.5. The molecular formula is C30H18N2O2. The lowest BCUT2D eigenvalue weighted by molar-refractivity contribution is 0.669. The molecule has 0 bridgehead atoms. The van der Waals surface area contributed by atoms with Crippen LogP contribution >= 0.6 is 0 Å². The van der Waals surface area contributed by atoms with Crippen molar-refractivity contribution in [2.75, 3.05) is 0 Å². The SMILES string of the molecule is O=Nc1ccccc1-c1ccc2c(c1)c1c3c(ccc1n2-c1ccccc1)oc1ccccc13. The molecule has 0 saturated carbocycles. The average molecular weight is 438 g/mol. The van der Waals surface area contributed by atoms with E-state index in [1.807, 2.05) is 42.5 Å². The topological polar surface area (TPSA) is 47.5 Å². The Morgan fingerprint density at radius 3 is 2.26 bits per heavy atom. The number of fused-ring (bicyclic) bond motifs is 7. The van der Waals surface area contributed by atoms with Crippen LogP contribution in [0.2, 0.25) is 0 Å². The molecule has 0 aliphatic heterocycles. The summed E-state index contributed by atoms with van der Waals surface area (Å²) in [5.74, 6) is 0. The Kier molecular flexibility index (Phi) is 3.96. The van der Waals surface area contributed by atoms with Crippen molar-refractivity contribution in [2.24, 2.45) is 5.18 Å². The maximum Gasteiger partial charge on any atom is 0.136 e. The Labute approximate surface area is 194 Å². The van der Waals surface area contributed by atoms with Crippen LogP contribution < -0.4 is 0 Å². The average Bonchev–Trinajstić information content (AvgIpc) is 3.44. The van der Waals surface area contributed by atoms with Crippen LogP contribution in [0.15, 0.2) is 119 Å². The highest BCUT2D eigenvalue weighted by atomic mass is 16.3. The van der Waals surface area contributed by atoms with E-state index in [-0.39, 0.29) is 0 Å². The second-order valence-corrected chi connectivity index (χ2v) is 8.44. The van der Waals surface area contributed by atoms with Crippen LogP contribution in [-0.2, 0) is 0 Å². The van der Waals surface area contributed by atoms with Crippen LogP contribution in [-0.4, -0.2) is 4.57 Å². The maximum absolute atomic E-state index is 11.5. The molecule has 7 aromatic rings. The van der Waals surface area contributed by atoms with E-state index in [9.17, 15) is 4.91 Å². The van der Waals surface area contributed by atoms with Crippen molar-refractivity contribution >= 4 is 49.4 Å². The van der Waals surface area contributed by atoms with Gasteiger partial charge in [0.05, 0.1) is 11.0 Å². The van der Waals surface area contributed by atoms with Crippen LogP contribution in [0.3, 0.4) is 0 Å². The van der Waals surface area contributed by atoms with Gasteiger partial charge in [0, 0.05) is 32.8 Å². The summed E-state index contributed by atoms with van der Waals surface area (Å²) in [4.78, 5) is 11.5. The minimum atomic E-state index is 0.438. The monoisotopic (exact) mass is 438 g/mol. The second-order valence-electron chi connectivity index (χ2n) is 8.44. The van der Waals surface area contributed by atoms with Crippen LogP contribution in [0.1, 0.15) is 0 Å². The fourth-order valence-corrected chi connectivity index (χ4v) is 5.15. The van der Waals surface area contributed by atoms with Gasteiger partial charge in [-0.1, -0.05) is 60.7 Å². The Hall–Kier alpha value is -4.70. The third-order valence-electron chi connectivity index (χ3n) is 6.60. The molecule has 2 aromatic heterocycles. The number of benzene rings is 5. The smallest absolute Gasteiger partial charge is 0.136 e. The fourth-order valence-electron chi connectivity index (χ4n) is 5.15. The number of rotatable bonds is 3. The summed E-state index contributed by atoms with van der Waals surface area (Å²) in [5, 5.41) is 7.70. The number of hydrogen-bond donors (Lipinski definition) is 0. The molecular weight excluding hydrogens is 420 g/mol. The molecule has 7 rings (SSSR count). The second kappa shape index (κ2) is 7.15. The van der Waals surface area contributed by atoms with E-state index in [1.54, 1.807) is 6.07 Å². The number of para-hydroxylation sites is 2. The Morgan fingerprint density at radius 1 is 0.618 bits per heavy atom. The summed E-state index contributed by atoms with van der Waals surface area (Å²) in [6.07, 6.45) is 0. The third-order valence-corrected chi connectivity index (χ3v) is 6.60. The molecule has 0 fully saturated rings. The number of nitrogens with zero attached hydrogens (tertiary/aromatic N) is 2. The highest BCUT2D eigenvalue weighted by Crippen LogP contribution is 2.42. The summed E-state index contributed by atoms with van der Waals surface area (Å²) in [6.45, 7) is 0. The van der Waals surface area contributed by atoms with Crippen molar-refractivity contribution in [2.45, 2.75) is 0 Å². The molecule has 0 atom stereocenters. The molecule has 160 valence electrons. The lowest BCUT2D eigenvalue weighted by Gasteiger charge is -2.08.